The van der Waals surface area contributed by atoms with E-state index in [0.717, 1.165) is 16.7 Å². The number of halogens is 2. The normalized spacial score (nSPS) is 14.8. The molecule has 0 amide bonds. The van der Waals surface area contributed by atoms with Crippen molar-refractivity contribution in [3.8, 4) is 0 Å². The predicted octanol–water partition coefficient (Wildman–Crippen LogP) is 6.60. The molecule has 0 aliphatic carbocycles. The first kappa shape index (κ1) is 24.8. The molecule has 3 aromatic rings. The maximum atomic E-state index is 13.5. The van der Waals surface area contributed by atoms with E-state index in [0.29, 0.717) is 22.9 Å². The molecule has 3 aromatic carbocycles. The maximum Gasteiger partial charge on any atom is 0.217 e. The van der Waals surface area contributed by atoms with Gasteiger partial charge in [-0.15, -0.1) is 0 Å². The first-order chi connectivity index (χ1) is 15.2. The number of benzene rings is 3. The molecule has 0 bridgehead atoms. The van der Waals surface area contributed by atoms with Gasteiger partial charge >= 0.3 is 0 Å². The van der Waals surface area contributed by atoms with Crippen LogP contribution in [0.1, 0.15) is 36.5 Å². The zero-order chi connectivity index (χ0) is 23.3. The minimum Gasteiger partial charge on any atom is -0.212 e. The third-order valence-corrected chi connectivity index (χ3v) is 8.92. The molecule has 3 nitrogen and oxygen atoms in total. The van der Waals surface area contributed by atoms with E-state index in [1.54, 1.807) is 14.0 Å². The molecule has 0 spiro atoms. The lowest BCUT2D eigenvalue weighted by Gasteiger charge is -2.33. The highest BCUT2D eigenvalue weighted by Crippen LogP contribution is 2.31. The summed E-state index contributed by atoms with van der Waals surface area (Å²) < 4.78 is 28.4. The highest BCUT2D eigenvalue weighted by atomic mass is 35.5. The number of rotatable bonds is 9. The number of hydrogen-bond donors (Lipinski definition) is 0. The Morgan fingerprint density at radius 2 is 1.25 bits per heavy atom. The lowest BCUT2D eigenvalue weighted by Crippen LogP contribution is -2.44. The Bertz CT molecular complexity index is 1100. The summed E-state index contributed by atoms with van der Waals surface area (Å²) in [6, 6.07) is 24.9. The molecule has 3 rings (SSSR count). The van der Waals surface area contributed by atoms with Crippen molar-refractivity contribution in [2.24, 2.45) is 0 Å². The predicted molar refractivity (Wildman–Crippen MR) is 135 cm³/mol. The van der Waals surface area contributed by atoms with Crippen molar-refractivity contribution in [3.05, 3.63) is 106 Å². The first-order valence-electron chi connectivity index (χ1n) is 10.7. The number of hydrogen-bond acceptors (Lipinski definition) is 2. The number of likely N-dealkylation sites (N-methyl/N-ethyl adjacent to an activating group) is 1. The Balaban J connectivity index is 1.87. The molecule has 170 valence electrons. The summed E-state index contributed by atoms with van der Waals surface area (Å²) in [6.07, 6.45) is 1.16. The zero-order valence-corrected chi connectivity index (χ0v) is 20.9. The second-order valence-electron chi connectivity index (χ2n) is 8.29. The van der Waals surface area contributed by atoms with Gasteiger partial charge in [0, 0.05) is 29.1 Å². The van der Waals surface area contributed by atoms with E-state index in [-0.39, 0.29) is 12.0 Å². The van der Waals surface area contributed by atoms with Crippen molar-refractivity contribution < 1.29 is 8.42 Å². The van der Waals surface area contributed by atoms with Crippen LogP contribution in [-0.2, 0) is 22.9 Å². The molecular weight excluding hydrogens is 461 g/mol. The van der Waals surface area contributed by atoms with Gasteiger partial charge in [0.05, 0.1) is 5.25 Å². The van der Waals surface area contributed by atoms with Gasteiger partial charge in [0.25, 0.3) is 0 Å². The Hall–Kier alpha value is -1.85. The van der Waals surface area contributed by atoms with Gasteiger partial charge in [0.15, 0.2) is 0 Å². The second-order valence-corrected chi connectivity index (χ2v) is 11.6. The van der Waals surface area contributed by atoms with E-state index in [2.05, 4.69) is 0 Å². The summed E-state index contributed by atoms with van der Waals surface area (Å²) >= 11 is 12.2. The molecule has 0 fully saturated rings. The highest BCUT2D eigenvalue weighted by molar-refractivity contribution is 7.89. The average Bonchev–Trinajstić information content (AvgIpc) is 2.79. The average molecular weight is 490 g/mol. The van der Waals surface area contributed by atoms with E-state index >= 15 is 0 Å². The van der Waals surface area contributed by atoms with Gasteiger partial charge in [-0.2, -0.15) is 0 Å². The third-order valence-electron chi connectivity index (χ3n) is 6.10. The van der Waals surface area contributed by atoms with Gasteiger partial charge < -0.3 is 0 Å². The van der Waals surface area contributed by atoms with Gasteiger partial charge in [0.1, 0.15) is 0 Å². The van der Waals surface area contributed by atoms with Crippen molar-refractivity contribution >= 4 is 33.2 Å². The third kappa shape index (κ3) is 6.14. The van der Waals surface area contributed by atoms with Crippen LogP contribution in [0.2, 0.25) is 10.0 Å². The molecular formula is C26H29Cl2NO2S. The van der Waals surface area contributed by atoms with E-state index in [4.69, 9.17) is 23.2 Å². The van der Waals surface area contributed by atoms with Gasteiger partial charge in [-0.05, 0) is 67.6 Å². The maximum absolute atomic E-state index is 13.5. The van der Waals surface area contributed by atoms with E-state index in [9.17, 15) is 8.42 Å². The summed E-state index contributed by atoms with van der Waals surface area (Å²) in [5.74, 6) is -0.0443. The second kappa shape index (κ2) is 10.8. The Morgan fingerprint density at radius 3 is 1.81 bits per heavy atom. The van der Waals surface area contributed by atoms with Gasteiger partial charge in [-0.25, -0.2) is 12.7 Å². The Morgan fingerprint density at radius 1 is 0.750 bits per heavy atom. The fourth-order valence-electron chi connectivity index (χ4n) is 3.97. The molecule has 0 aliphatic heterocycles. The summed E-state index contributed by atoms with van der Waals surface area (Å²) in [5.41, 5.74) is 3.17. The summed E-state index contributed by atoms with van der Waals surface area (Å²) in [7, 11) is -1.82. The SMILES string of the molecule is CC(C(Cc1ccc(Cl)cc1)c1ccc(Cl)cc1)N(C)S(=O)(=O)C(C)Cc1ccccc1. The minimum absolute atomic E-state index is 0.0443. The van der Waals surface area contributed by atoms with Crippen molar-refractivity contribution in [1.29, 1.82) is 0 Å². The molecule has 3 unspecified atom stereocenters. The van der Waals surface area contributed by atoms with Crippen molar-refractivity contribution in [1.82, 2.24) is 4.31 Å². The largest absolute Gasteiger partial charge is 0.217 e. The summed E-state index contributed by atoms with van der Waals surface area (Å²) in [4.78, 5) is 0. The molecule has 32 heavy (non-hydrogen) atoms. The van der Waals surface area contributed by atoms with Crippen LogP contribution in [-0.4, -0.2) is 31.1 Å². The minimum atomic E-state index is -3.51. The Kier molecular flexibility index (Phi) is 8.40. The number of sulfonamides is 1. The molecule has 0 N–H and O–H groups in total. The van der Waals surface area contributed by atoms with Crippen molar-refractivity contribution in [2.75, 3.05) is 7.05 Å². The molecule has 0 saturated heterocycles. The van der Waals surface area contributed by atoms with Crippen LogP contribution in [0.5, 0.6) is 0 Å². The van der Waals surface area contributed by atoms with Crippen LogP contribution in [0, 0.1) is 0 Å². The monoisotopic (exact) mass is 489 g/mol. The van der Waals surface area contributed by atoms with E-state index in [1.165, 1.54) is 4.31 Å². The molecule has 0 heterocycles. The fraction of sp³-hybridized carbons (Fsp3) is 0.308. The van der Waals surface area contributed by atoms with Crippen LogP contribution in [0.3, 0.4) is 0 Å². The van der Waals surface area contributed by atoms with Crippen molar-refractivity contribution in [2.45, 2.75) is 43.9 Å². The van der Waals surface area contributed by atoms with Gasteiger partial charge in [0.2, 0.25) is 10.0 Å². The Labute approximate surface area is 202 Å². The van der Waals surface area contributed by atoms with E-state index < -0.39 is 15.3 Å². The van der Waals surface area contributed by atoms with Crippen LogP contribution in [0.4, 0.5) is 0 Å². The first-order valence-corrected chi connectivity index (χ1v) is 12.9. The lowest BCUT2D eigenvalue weighted by atomic mass is 9.86. The van der Waals surface area contributed by atoms with Crippen molar-refractivity contribution in [3.63, 3.8) is 0 Å². The zero-order valence-electron chi connectivity index (χ0n) is 18.6. The van der Waals surface area contributed by atoms with Crippen LogP contribution < -0.4 is 0 Å². The highest BCUT2D eigenvalue weighted by Gasteiger charge is 2.34. The smallest absolute Gasteiger partial charge is 0.212 e. The molecule has 3 atom stereocenters. The van der Waals surface area contributed by atoms with E-state index in [1.807, 2.05) is 85.8 Å². The molecule has 0 aromatic heterocycles. The molecule has 6 heteroatoms. The lowest BCUT2D eigenvalue weighted by molar-refractivity contribution is 0.333. The summed E-state index contributed by atoms with van der Waals surface area (Å²) in [6.45, 7) is 3.75. The molecule has 0 saturated carbocycles. The molecule has 0 radical (unpaired) electrons. The van der Waals surface area contributed by atoms with Gasteiger partial charge in [-0.1, -0.05) is 77.8 Å². The topological polar surface area (TPSA) is 37.4 Å². The molecule has 0 aliphatic rings. The van der Waals surface area contributed by atoms with Gasteiger partial charge in [-0.3, -0.25) is 0 Å². The summed E-state index contributed by atoms with van der Waals surface area (Å²) in [5, 5.41) is 0.808. The number of nitrogens with zero attached hydrogens (tertiary/aromatic N) is 1. The van der Waals surface area contributed by atoms with Crippen LogP contribution in [0.25, 0.3) is 0 Å². The quantitative estimate of drug-likeness (QED) is 0.339. The van der Waals surface area contributed by atoms with Crippen LogP contribution in [0.15, 0.2) is 78.9 Å². The fourth-order valence-corrected chi connectivity index (χ4v) is 5.80. The van der Waals surface area contributed by atoms with Crippen LogP contribution >= 0.6 is 23.2 Å². The standard InChI is InChI=1S/C26H29Cl2NO2S/c1-19(17-21-7-5-4-6-8-21)32(30,31)29(3)20(2)26(23-11-15-25(28)16-12-23)18-22-9-13-24(27)14-10-22/h4-16,19-20,26H,17-18H2,1-3H3.